The van der Waals surface area contributed by atoms with Gasteiger partial charge in [0.25, 0.3) is 0 Å². The molecule has 0 atom stereocenters. The van der Waals surface area contributed by atoms with Crippen LogP contribution in [0.4, 0.5) is 26.3 Å². The molecule has 0 aliphatic carbocycles. The molecule has 172 valence electrons. The van der Waals surface area contributed by atoms with Crippen molar-refractivity contribution in [1.82, 2.24) is 9.97 Å². The molecule has 2 aromatic heterocycles. The number of hydrogen-bond donors (Lipinski definition) is 0. The van der Waals surface area contributed by atoms with Crippen LogP contribution in [-0.2, 0) is 12.4 Å². The molecule has 4 rings (SSSR count). The molecule has 34 heavy (non-hydrogen) atoms. The lowest BCUT2D eigenvalue weighted by atomic mass is 10.00. The van der Waals surface area contributed by atoms with Crippen LogP contribution in [-0.4, -0.2) is 15.8 Å². The molecule has 9 heteroatoms. The first kappa shape index (κ1) is 23.2. The van der Waals surface area contributed by atoms with Gasteiger partial charge < -0.3 is 0 Å². The standard InChI is InChI=1S/C25H14F6N2O/c26-24(27,28)19-5-1-15(2-6-19)21-13-17(9-11-32-21)23(34)18-10-12-33-22(14-18)16-3-7-20(8-4-16)25(29,30)31/h1-14H. The van der Waals surface area contributed by atoms with Crippen LogP contribution in [0.1, 0.15) is 27.0 Å². The van der Waals surface area contributed by atoms with Gasteiger partial charge in [0, 0.05) is 34.6 Å². The van der Waals surface area contributed by atoms with Crippen molar-refractivity contribution in [1.29, 1.82) is 0 Å². The van der Waals surface area contributed by atoms with Crippen LogP contribution < -0.4 is 0 Å². The molecule has 0 aliphatic rings. The predicted octanol–water partition coefficient (Wildman–Crippen LogP) is 7.08. The zero-order chi connectivity index (χ0) is 24.5. The van der Waals surface area contributed by atoms with E-state index in [9.17, 15) is 31.1 Å². The van der Waals surface area contributed by atoms with E-state index >= 15 is 0 Å². The number of alkyl halides is 6. The summed E-state index contributed by atoms with van der Waals surface area (Å²) in [5.74, 6) is -0.397. The minimum Gasteiger partial charge on any atom is -0.289 e. The highest BCUT2D eigenvalue weighted by atomic mass is 19.4. The van der Waals surface area contributed by atoms with Crippen LogP contribution in [0, 0.1) is 0 Å². The summed E-state index contributed by atoms with van der Waals surface area (Å²) in [6.45, 7) is 0. The van der Waals surface area contributed by atoms with Crippen LogP contribution in [0.2, 0.25) is 0 Å². The van der Waals surface area contributed by atoms with E-state index in [1.807, 2.05) is 0 Å². The van der Waals surface area contributed by atoms with E-state index in [4.69, 9.17) is 0 Å². The number of carbonyl (C=O) groups excluding carboxylic acids is 1. The summed E-state index contributed by atoms with van der Waals surface area (Å²) in [7, 11) is 0. The molecule has 2 heterocycles. The number of carbonyl (C=O) groups is 1. The van der Waals surface area contributed by atoms with Gasteiger partial charge in [-0.2, -0.15) is 26.3 Å². The van der Waals surface area contributed by atoms with Crippen LogP contribution in [0.25, 0.3) is 22.5 Å². The second kappa shape index (κ2) is 8.74. The first-order valence-corrected chi connectivity index (χ1v) is 9.84. The lowest BCUT2D eigenvalue weighted by Crippen LogP contribution is -2.05. The van der Waals surface area contributed by atoms with E-state index in [1.54, 1.807) is 0 Å². The van der Waals surface area contributed by atoms with E-state index in [1.165, 1.54) is 60.9 Å². The molecular weight excluding hydrogens is 458 g/mol. The predicted molar refractivity (Wildman–Crippen MR) is 113 cm³/mol. The highest BCUT2D eigenvalue weighted by Crippen LogP contribution is 2.32. The fraction of sp³-hybridized carbons (Fsp3) is 0.0800. The van der Waals surface area contributed by atoms with E-state index in [2.05, 4.69) is 9.97 Å². The summed E-state index contributed by atoms with van der Waals surface area (Å²) in [5.41, 5.74) is 0.342. The molecule has 0 spiro atoms. The smallest absolute Gasteiger partial charge is 0.289 e. The van der Waals surface area contributed by atoms with Gasteiger partial charge in [-0.05, 0) is 48.5 Å². The second-order valence-electron chi connectivity index (χ2n) is 7.34. The second-order valence-corrected chi connectivity index (χ2v) is 7.34. The molecule has 4 aromatic rings. The quantitative estimate of drug-likeness (QED) is 0.236. The Morgan fingerprint density at radius 3 is 1.24 bits per heavy atom. The Morgan fingerprint density at radius 2 is 0.912 bits per heavy atom. The average Bonchev–Trinajstić information content (AvgIpc) is 2.83. The molecule has 0 saturated carbocycles. The maximum absolute atomic E-state index is 13.0. The van der Waals surface area contributed by atoms with E-state index in [0.29, 0.717) is 22.5 Å². The Morgan fingerprint density at radius 1 is 0.559 bits per heavy atom. The van der Waals surface area contributed by atoms with E-state index < -0.39 is 29.3 Å². The van der Waals surface area contributed by atoms with Crippen LogP contribution in [0.3, 0.4) is 0 Å². The summed E-state index contributed by atoms with van der Waals surface area (Å²) < 4.78 is 76.7. The van der Waals surface area contributed by atoms with E-state index in [-0.39, 0.29) is 11.1 Å². The normalized spacial score (nSPS) is 11.9. The summed E-state index contributed by atoms with van der Waals surface area (Å²) >= 11 is 0. The number of halogens is 6. The maximum atomic E-state index is 13.0. The highest BCUT2D eigenvalue weighted by molar-refractivity contribution is 6.09. The molecule has 0 saturated heterocycles. The topological polar surface area (TPSA) is 42.9 Å². The Balaban J connectivity index is 1.60. The molecule has 0 bridgehead atoms. The minimum absolute atomic E-state index is 0.245. The van der Waals surface area contributed by atoms with Gasteiger partial charge in [-0.25, -0.2) is 0 Å². The third-order valence-corrected chi connectivity index (χ3v) is 5.06. The van der Waals surface area contributed by atoms with E-state index in [0.717, 1.165) is 24.3 Å². The number of benzene rings is 2. The van der Waals surface area contributed by atoms with Crippen molar-refractivity contribution in [3.05, 3.63) is 107 Å². The van der Waals surface area contributed by atoms with Crippen LogP contribution in [0.5, 0.6) is 0 Å². The highest BCUT2D eigenvalue weighted by Gasteiger charge is 2.30. The third kappa shape index (κ3) is 4.98. The largest absolute Gasteiger partial charge is 0.416 e. The summed E-state index contributed by atoms with van der Waals surface area (Å²) in [6.07, 6.45) is -6.18. The van der Waals surface area contributed by atoms with Crippen molar-refractivity contribution < 1.29 is 31.1 Å². The summed E-state index contributed by atoms with van der Waals surface area (Å²) in [4.78, 5) is 21.3. The zero-order valence-corrected chi connectivity index (χ0v) is 17.2. The molecule has 2 aromatic carbocycles. The summed E-state index contributed by atoms with van der Waals surface area (Å²) in [5, 5.41) is 0. The van der Waals surface area contributed by atoms with Gasteiger partial charge in [-0.1, -0.05) is 24.3 Å². The molecule has 0 fully saturated rings. The number of hydrogen-bond acceptors (Lipinski definition) is 3. The van der Waals surface area contributed by atoms with Gasteiger partial charge in [-0.15, -0.1) is 0 Å². The van der Waals surface area contributed by atoms with Gasteiger partial charge in [0.1, 0.15) is 0 Å². The first-order valence-electron chi connectivity index (χ1n) is 9.84. The maximum Gasteiger partial charge on any atom is 0.416 e. The first-order chi connectivity index (χ1) is 16.0. The lowest BCUT2D eigenvalue weighted by molar-refractivity contribution is -0.138. The molecule has 3 nitrogen and oxygen atoms in total. The van der Waals surface area contributed by atoms with Gasteiger partial charge in [0.2, 0.25) is 0 Å². The van der Waals surface area contributed by atoms with Gasteiger partial charge in [-0.3, -0.25) is 14.8 Å². The molecule has 0 amide bonds. The van der Waals surface area contributed by atoms with Crippen molar-refractivity contribution in [2.24, 2.45) is 0 Å². The number of nitrogens with zero attached hydrogens (tertiary/aromatic N) is 2. The van der Waals surface area contributed by atoms with Crippen LogP contribution in [0.15, 0.2) is 85.2 Å². The SMILES string of the molecule is O=C(c1ccnc(-c2ccc(C(F)(F)F)cc2)c1)c1ccnc(-c2ccc(C(F)(F)F)cc2)c1. The molecule has 0 aliphatic heterocycles. The monoisotopic (exact) mass is 472 g/mol. The number of ketones is 1. The Kier molecular flexibility index (Phi) is 5.95. The fourth-order valence-electron chi connectivity index (χ4n) is 3.29. The van der Waals surface area contributed by atoms with Crippen molar-refractivity contribution >= 4 is 5.78 Å². The number of aromatic nitrogens is 2. The average molecular weight is 472 g/mol. The van der Waals surface area contributed by atoms with Crippen molar-refractivity contribution in [3.63, 3.8) is 0 Å². The Bertz CT molecular complexity index is 1220. The van der Waals surface area contributed by atoms with Crippen molar-refractivity contribution in [3.8, 4) is 22.5 Å². The van der Waals surface area contributed by atoms with Gasteiger partial charge in [0.15, 0.2) is 5.78 Å². The van der Waals surface area contributed by atoms with Gasteiger partial charge in [0.05, 0.1) is 22.5 Å². The Hall–Kier alpha value is -4.01. The van der Waals surface area contributed by atoms with Gasteiger partial charge >= 0.3 is 12.4 Å². The number of pyridine rings is 2. The van der Waals surface area contributed by atoms with Crippen molar-refractivity contribution in [2.45, 2.75) is 12.4 Å². The Labute approximate surface area is 189 Å². The molecule has 0 radical (unpaired) electrons. The minimum atomic E-state index is -4.46. The molecular formula is C25H14F6N2O. The zero-order valence-electron chi connectivity index (χ0n) is 17.2. The molecule has 0 N–H and O–H groups in total. The van der Waals surface area contributed by atoms with Crippen LogP contribution >= 0.6 is 0 Å². The fourth-order valence-corrected chi connectivity index (χ4v) is 3.29. The van der Waals surface area contributed by atoms with Crippen molar-refractivity contribution in [2.75, 3.05) is 0 Å². The molecule has 0 unspecified atom stereocenters. The number of rotatable bonds is 4. The third-order valence-electron chi connectivity index (χ3n) is 5.06. The summed E-state index contributed by atoms with van der Waals surface area (Å²) in [6, 6.07) is 14.7. The lowest BCUT2D eigenvalue weighted by Gasteiger charge is -2.09.